The Morgan fingerprint density at radius 1 is 1.13 bits per heavy atom. The highest BCUT2D eigenvalue weighted by Gasteiger charge is 1.99. The lowest BCUT2D eigenvalue weighted by atomic mass is 10.0. The lowest BCUT2D eigenvalue weighted by Gasteiger charge is -2.04. The van der Waals surface area contributed by atoms with E-state index in [4.69, 9.17) is 5.11 Å². The van der Waals surface area contributed by atoms with Gasteiger partial charge in [-0.05, 0) is 41.8 Å². The van der Waals surface area contributed by atoms with Crippen molar-refractivity contribution in [2.45, 2.75) is 13.5 Å². The highest BCUT2D eigenvalue weighted by molar-refractivity contribution is 5.64. The van der Waals surface area contributed by atoms with Gasteiger partial charge in [-0.3, -0.25) is 4.98 Å². The molecule has 0 fully saturated rings. The van der Waals surface area contributed by atoms with Crippen molar-refractivity contribution in [1.29, 1.82) is 0 Å². The smallest absolute Gasteiger partial charge is 0.0682 e. The topological polar surface area (TPSA) is 33.1 Å². The molecule has 0 spiro atoms. The van der Waals surface area contributed by atoms with Gasteiger partial charge in [-0.2, -0.15) is 0 Å². The fourth-order valence-electron chi connectivity index (χ4n) is 1.57. The molecule has 1 aromatic carbocycles. The Balaban J connectivity index is 2.44. The summed E-state index contributed by atoms with van der Waals surface area (Å²) >= 11 is 0. The molecule has 0 amide bonds. The lowest BCUT2D eigenvalue weighted by molar-refractivity contribution is 0.282. The van der Waals surface area contributed by atoms with Crippen molar-refractivity contribution in [3.05, 3.63) is 53.9 Å². The number of aliphatic hydroxyl groups excluding tert-OH is 1. The zero-order valence-electron chi connectivity index (χ0n) is 8.64. The van der Waals surface area contributed by atoms with Crippen LogP contribution in [0.5, 0.6) is 0 Å². The van der Waals surface area contributed by atoms with Crippen LogP contribution in [0.1, 0.15) is 11.3 Å². The van der Waals surface area contributed by atoms with E-state index in [0.29, 0.717) is 0 Å². The maximum absolute atomic E-state index is 9.05. The van der Waals surface area contributed by atoms with E-state index in [-0.39, 0.29) is 6.61 Å². The van der Waals surface area contributed by atoms with Crippen LogP contribution in [0.3, 0.4) is 0 Å². The minimum Gasteiger partial charge on any atom is -0.392 e. The van der Waals surface area contributed by atoms with Crippen molar-refractivity contribution in [3.63, 3.8) is 0 Å². The van der Waals surface area contributed by atoms with Gasteiger partial charge in [-0.1, -0.05) is 18.2 Å². The molecule has 1 N–H and O–H groups in total. The van der Waals surface area contributed by atoms with Gasteiger partial charge >= 0.3 is 0 Å². The van der Waals surface area contributed by atoms with Gasteiger partial charge in [0, 0.05) is 11.9 Å². The number of pyridine rings is 1. The summed E-state index contributed by atoms with van der Waals surface area (Å²) in [6.45, 7) is 2.05. The number of hydrogen-bond acceptors (Lipinski definition) is 2. The Hall–Kier alpha value is -1.67. The molecule has 0 atom stereocenters. The average Bonchev–Trinajstić information content (AvgIpc) is 2.29. The third-order valence-electron chi connectivity index (χ3n) is 2.34. The van der Waals surface area contributed by atoms with Crippen LogP contribution in [-0.2, 0) is 6.61 Å². The molecular formula is C13H13NO. The van der Waals surface area contributed by atoms with Gasteiger partial charge in [0.2, 0.25) is 0 Å². The van der Waals surface area contributed by atoms with E-state index < -0.39 is 0 Å². The van der Waals surface area contributed by atoms with Gasteiger partial charge in [0.1, 0.15) is 0 Å². The van der Waals surface area contributed by atoms with Crippen LogP contribution in [0, 0.1) is 6.92 Å². The molecule has 0 bridgehead atoms. The molecule has 76 valence electrons. The molecule has 0 unspecified atom stereocenters. The Kier molecular flexibility index (Phi) is 2.79. The second-order valence-electron chi connectivity index (χ2n) is 3.54. The largest absolute Gasteiger partial charge is 0.392 e. The number of nitrogens with zero attached hydrogens (tertiary/aromatic N) is 1. The third-order valence-corrected chi connectivity index (χ3v) is 2.34. The van der Waals surface area contributed by atoms with E-state index in [0.717, 1.165) is 22.4 Å². The first kappa shape index (κ1) is 9.87. The van der Waals surface area contributed by atoms with Crippen molar-refractivity contribution < 1.29 is 5.11 Å². The molecular weight excluding hydrogens is 186 g/mol. The molecule has 0 saturated carbocycles. The van der Waals surface area contributed by atoms with E-state index >= 15 is 0 Å². The standard InChI is InChI=1S/C13H13NO/c1-10-7-13(5-6-14-10)12-4-2-3-11(8-12)9-15/h2-8,15H,9H2,1H3. The summed E-state index contributed by atoms with van der Waals surface area (Å²) in [5, 5.41) is 9.05. The van der Waals surface area contributed by atoms with E-state index in [1.54, 1.807) is 6.20 Å². The molecule has 1 heterocycles. The molecule has 0 aliphatic heterocycles. The van der Waals surface area contributed by atoms with Crippen molar-refractivity contribution in [1.82, 2.24) is 4.98 Å². The molecule has 0 aliphatic carbocycles. The quantitative estimate of drug-likeness (QED) is 0.806. The monoisotopic (exact) mass is 199 g/mol. The van der Waals surface area contributed by atoms with Crippen LogP contribution >= 0.6 is 0 Å². The second-order valence-corrected chi connectivity index (χ2v) is 3.54. The minimum atomic E-state index is 0.0813. The first-order valence-electron chi connectivity index (χ1n) is 4.92. The molecule has 0 aliphatic rings. The highest BCUT2D eigenvalue weighted by Crippen LogP contribution is 2.20. The molecule has 2 aromatic rings. The molecule has 15 heavy (non-hydrogen) atoms. The number of benzene rings is 1. The van der Waals surface area contributed by atoms with Crippen molar-refractivity contribution in [3.8, 4) is 11.1 Å². The van der Waals surface area contributed by atoms with Crippen LogP contribution in [0.15, 0.2) is 42.6 Å². The van der Waals surface area contributed by atoms with Gasteiger partial charge in [-0.25, -0.2) is 0 Å². The highest BCUT2D eigenvalue weighted by atomic mass is 16.3. The van der Waals surface area contributed by atoms with Gasteiger partial charge in [0.05, 0.1) is 6.61 Å². The second kappa shape index (κ2) is 4.24. The fraction of sp³-hybridized carbons (Fsp3) is 0.154. The van der Waals surface area contributed by atoms with E-state index in [1.807, 2.05) is 43.3 Å². The SMILES string of the molecule is Cc1cc(-c2cccc(CO)c2)ccn1. The third kappa shape index (κ3) is 2.22. The molecule has 0 saturated heterocycles. The first-order valence-corrected chi connectivity index (χ1v) is 4.92. The van der Waals surface area contributed by atoms with Crippen LogP contribution in [0.4, 0.5) is 0 Å². The number of aromatic nitrogens is 1. The molecule has 2 heteroatoms. The van der Waals surface area contributed by atoms with Crippen LogP contribution in [0.25, 0.3) is 11.1 Å². The molecule has 2 nitrogen and oxygen atoms in total. The predicted molar refractivity (Wildman–Crippen MR) is 60.3 cm³/mol. The summed E-state index contributed by atoms with van der Waals surface area (Å²) in [7, 11) is 0. The number of aryl methyl sites for hydroxylation is 1. The van der Waals surface area contributed by atoms with Gasteiger partial charge < -0.3 is 5.11 Å². The fourth-order valence-corrected chi connectivity index (χ4v) is 1.57. The predicted octanol–water partition coefficient (Wildman–Crippen LogP) is 2.55. The van der Waals surface area contributed by atoms with Gasteiger partial charge in [0.25, 0.3) is 0 Å². The van der Waals surface area contributed by atoms with E-state index in [2.05, 4.69) is 4.98 Å². The molecule has 1 aromatic heterocycles. The van der Waals surface area contributed by atoms with Crippen molar-refractivity contribution in [2.24, 2.45) is 0 Å². The lowest BCUT2D eigenvalue weighted by Crippen LogP contribution is -1.86. The summed E-state index contributed by atoms with van der Waals surface area (Å²) in [5.41, 5.74) is 4.19. The summed E-state index contributed by atoms with van der Waals surface area (Å²) < 4.78 is 0. The number of aliphatic hydroxyl groups is 1. The van der Waals surface area contributed by atoms with Crippen LogP contribution < -0.4 is 0 Å². The van der Waals surface area contributed by atoms with Crippen molar-refractivity contribution in [2.75, 3.05) is 0 Å². The maximum atomic E-state index is 9.05. The first-order chi connectivity index (χ1) is 7.29. The Morgan fingerprint density at radius 2 is 1.93 bits per heavy atom. The zero-order chi connectivity index (χ0) is 10.7. The minimum absolute atomic E-state index is 0.0813. The number of hydrogen-bond donors (Lipinski definition) is 1. The summed E-state index contributed by atoms with van der Waals surface area (Å²) in [6, 6.07) is 11.9. The van der Waals surface area contributed by atoms with E-state index in [9.17, 15) is 0 Å². The summed E-state index contributed by atoms with van der Waals surface area (Å²) in [6.07, 6.45) is 1.80. The van der Waals surface area contributed by atoms with Crippen LogP contribution in [-0.4, -0.2) is 10.1 Å². The maximum Gasteiger partial charge on any atom is 0.0682 e. The Bertz CT molecular complexity index is 466. The van der Waals surface area contributed by atoms with Crippen LogP contribution in [0.2, 0.25) is 0 Å². The summed E-state index contributed by atoms with van der Waals surface area (Å²) in [5.74, 6) is 0. The van der Waals surface area contributed by atoms with Crippen molar-refractivity contribution >= 4 is 0 Å². The normalized spacial score (nSPS) is 10.3. The van der Waals surface area contributed by atoms with Gasteiger partial charge in [0.15, 0.2) is 0 Å². The van der Waals surface area contributed by atoms with E-state index in [1.165, 1.54) is 0 Å². The molecule has 0 radical (unpaired) electrons. The number of rotatable bonds is 2. The average molecular weight is 199 g/mol. The Labute approximate surface area is 89.2 Å². The molecule has 2 rings (SSSR count). The zero-order valence-corrected chi connectivity index (χ0v) is 8.64. The summed E-state index contributed by atoms with van der Waals surface area (Å²) in [4.78, 5) is 4.16. The van der Waals surface area contributed by atoms with Gasteiger partial charge in [-0.15, -0.1) is 0 Å². The Morgan fingerprint density at radius 3 is 2.67 bits per heavy atom.